The van der Waals surface area contributed by atoms with Crippen LogP contribution in [0.3, 0.4) is 0 Å². The Morgan fingerprint density at radius 3 is 1.32 bits per heavy atom. The van der Waals surface area contributed by atoms with E-state index in [1.807, 2.05) is 12.1 Å². The van der Waals surface area contributed by atoms with Crippen molar-refractivity contribution < 1.29 is 19.8 Å². The molecule has 0 aromatic heterocycles. The molecule has 100 valence electrons. The van der Waals surface area contributed by atoms with Gasteiger partial charge in [0.2, 0.25) is 0 Å². The molecular formula is C12H16NaO4PS. The van der Waals surface area contributed by atoms with Crippen LogP contribution in [0.15, 0.2) is 70.5 Å². The van der Waals surface area contributed by atoms with Crippen LogP contribution in [0.4, 0.5) is 0 Å². The molecule has 0 atom stereocenters. The predicted octanol–water partition coefficient (Wildman–Crippen LogP) is 1.73. The number of rotatable bonds is 2. The van der Waals surface area contributed by atoms with E-state index in [0.717, 1.165) is 0 Å². The first-order valence-corrected chi connectivity index (χ1v) is 7.00. The summed E-state index contributed by atoms with van der Waals surface area (Å²) in [5.74, 6) is 0. The Morgan fingerprint density at radius 1 is 0.789 bits per heavy atom. The minimum Gasteiger partial charge on any atom is -0.0901 e. The smallest absolute Gasteiger partial charge is 0.0122 e. The third-order valence-corrected chi connectivity index (χ3v) is 2.74. The second-order valence-corrected chi connectivity index (χ2v) is 4.72. The molecule has 0 aliphatic rings. The first-order valence-electron chi connectivity index (χ1n) is 4.88. The van der Waals surface area contributed by atoms with Crippen LogP contribution in [0.1, 0.15) is 0 Å². The van der Waals surface area contributed by atoms with Crippen LogP contribution in [-0.4, -0.2) is 44.8 Å². The fourth-order valence-corrected chi connectivity index (χ4v) is 1.97. The molecule has 0 heterocycles. The van der Waals surface area contributed by atoms with E-state index < -0.39 is 8.25 Å². The van der Waals surface area contributed by atoms with Crippen molar-refractivity contribution in [2.45, 2.75) is 9.79 Å². The molecule has 0 spiro atoms. The van der Waals surface area contributed by atoms with Gasteiger partial charge in [0.15, 0.2) is 0 Å². The molecule has 4 N–H and O–H groups in total. The summed E-state index contributed by atoms with van der Waals surface area (Å²) in [5, 5.41) is 0. The van der Waals surface area contributed by atoms with Crippen LogP contribution < -0.4 is 0 Å². The average Bonchev–Trinajstić information content (AvgIpc) is 2.31. The topological polar surface area (TPSA) is 89.0 Å². The van der Waals surface area contributed by atoms with Crippen molar-refractivity contribution in [2.24, 2.45) is 0 Å². The fourth-order valence-electron chi connectivity index (χ4n) is 1.11. The van der Waals surface area contributed by atoms with Gasteiger partial charge in [-0.15, -0.1) is 0 Å². The summed E-state index contributed by atoms with van der Waals surface area (Å²) in [5.41, 5.74) is 0. The van der Waals surface area contributed by atoms with Gasteiger partial charge in [0.05, 0.1) is 0 Å². The van der Waals surface area contributed by atoms with Gasteiger partial charge in [-0.25, -0.2) is 0 Å². The van der Waals surface area contributed by atoms with Crippen molar-refractivity contribution in [2.75, 3.05) is 0 Å². The molecule has 0 amide bonds. The molecule has 0 fully saturated rings. The molecule has 0 aliphatic carbocycles. The molecule has 0 saturated carbocycles. The maximum atomic E-state index is 8.74. The molecular weight excluding hydrogens is 294 g/mol. The van der Waals surface area contributed by atoms with Crippen molar-refractivity contribution in [3.05, 3.63) is 60.7 Å². The third-order valence-electron chi connectivity index (χ3n) is 1.72. The van der Waals surface area contributed by atoms with Crippen LogP contribution in [-0.2, 0) is 4.57 Å². The summed E-state index contributed by atoms with van der Waals surface area (Å²) < 4.78 is 8.74. The maximum absolute atomic E-state index is 8.74. The predicted molar refractivity (Wildman–Crippen MR) is 81.2 cm³/mol. The van der Waals surface area contributed by atoms with Gasteiger partial charge in [-0.2, -0.15) is 0 Å². The molecule has 2 rings (SSSR count). The minimum absolute atomic E-state index is 0. The fraction of sp³-hybridized carbons (Fsp3) is 0. The first-order chi connectivity index (χ1) is 8.18. The van der Waals surface area contributed by atoms with Crippen LogP contribution >= 0.6 is 20.0 Å². The van der Waals surface area contributed by atoms with E-state index in [1.54, 1.807) is 11.8 Å². The van der Waals surface area contributed by atoms with Crippen LogP contribution in [0.2, 0.25) is 0 Å². The largest absolute Gasteiger partial charge is 0.0901 e. The standard InChI is InChI=1S/C12H10S.Na.H3O3P.H2O.H/c1-3-7-11(8-4-1)13-12-9-5-2-6-10-12;;1-4(2)3;;/h1-10H;;4H,(H2,1,2,3);1H2;. The van der Waals surface area contributed by atoms with Crippen molar-refractivity contribution >= 4 is 49.6 Å². The van der Waals surface area contributed by atoms with Gasteiger partial charge in [0, 0.05) is 9.79 Å². The zero-order valence-electron chi connectivity index (χ0n) is 9.48. The Bertz CT molecular complexity index is 414. The molecule has 7 heteroatoms. The maximum Gasteiger partial charge on any atom is 0.0122 e. The molecule has 0 radical (unpaired) electrons. The number of hydrogen-bond donors (Lipinski definition) is 2. The first kappa shape index (κ1) is 21.2. The number of hydrogen-bond acceptors (Lipinski definition) is 2. The Labute approximate surface area is 139 Å². The molecule has 2 aromatic rings. The Balaban J connectivity index is 0. The van der Waals surface area contributed by atoms with Crippen molar-refractivity contribution in [3.63, 3.8) is 0 Å². The summed E-state index contributed by atoms with van der Waals surface area (Å²) in [4.78, 5) is 16.9. The van der Waals surface area contributed by atoms with Crippen LogP contribution in [0.5, 0.6) is 0 Å². The Hall–Kier alpha value is -0.100. The summed E-state index contributed by atoms with van der Waals surface area (Å²) >= 11 is 1.79. The normalized spacial score (nSPS) is 8.58. The molecule has 0 saturated heterocycles. The van der Waals surface area contributed by atoms with E-state index in [1.165, 1.54) is 9.79 Å². The van der Waals surface area contributed by atoms with E-state index >= 15 is 0 Å². The van der Waals surface area contributed by atoms with E-state index in [9.17, 15) is 0 Å². The molecule has 4 nitrogen and oxygen atoms in total. The SMILES string of the molecule is O.O=[PH](O)O.[NaH].c1ccc(Sc2ccccc2)cc1. The minimum atomic E-state index is -3.13. The third kappa shape index (κ3) is 11.4. The van der Waals surface area contributed by atoms with E-state index in [-0.39, 0.29) is 35.0 Å². The van der Waals surface area contributed by atoms with Gasteiger partial charge in [0.1, 0.15) is 0 Å². The van der Waals surface area contributed by atoms with Crippen LogP contribution in [0.25, 0.3) is 0 Å². The summed E-state index contributed by atoms with van der Waals surface area (Å²) in [6, 6.07) is 20.8. The molecule has 0 aliphatic heterocycles. The van der Waals surface area contributed by atoms with Crippen molar-refractivity contribution in [3.8, 4) is 0 Å². The summed E-state index contributed by atoms with van der Waals surface area (Å²) in [7, 11) is -3.13. The number of benzene rings is 2. The van der Waals surface area contributed by atoms with Crippen molar-refractivity contribution in [1.29, 1.82) is 0 Å². The molecule has 0 bridgehead atoms. The second kappa shape index (κ2) is 12.9. The quantitative estimate of drug-likeness (QED) is 0.653. The molecule has 19 heavy (non-hydrogen) atoms. The van der Waals surface area contributed by atoms with Crippen LogP contribution in [0, 0.1) is 0 Å². The van der Waals surface area contributed by atoms with E-state index in [2.05, 4.69) is 48.5 Å². The second-order valence-electron chi connectivity index (χ2n) is 3.01. The summed E-state index contributed by atoms with van der Waals surface area (Å²) in [6.45, 7) is 0. The zero-order chi connectivity index (χ0) is 12.5. The van der Waals surface area contributed by atoms with E-state index in [0.29, 0.717) is 0 Å². The van der Waals surface area contributed by atoms with Gasteiger partial charge in [0.25, 0.3) is 0 Å². The zero-order valence-corrected chi connectivity index (χ0v) is 11.3. The van der Waals surface area contributed by atoms with Crippen molar-refractivity contribution in [1.82, 2.24) is 0 Å². The Kier molecular flexibility index (Phi) is 14.4. The Morgan fingerprint density at radius 2 is 1.05 bits per heavy atom. The summed E-state index contributed by atoms with van der Waals surface area (Å²) in [6.07, 6.45) is 0. The van der Waals surface area contributed by atoms with E-state index in [4.69, 9.17) is 14.4 Å². The van der Waals surface area contributed by atoms with Gasteiger partial charge in [-0.05, 0) is 24.3 Å². The van der Waals surface area contributed by atoms with Gasteiger partial charge in [-0.3, -0.25) is 4.57 Å². The molecule has 2 aromatic carbocycles. The van der Waals surface area contributed by atoms with Gasteiger partial charge in [-0.1, -0.05) is 48.2 Å². The average molecular weight is 310 g/mol. The van der Waals surface area contributed by atoms with Gasteiger partial charge >= 0.3 is 37.8 Å². The monoisotopic (exact) mass is 310 g/mol. The van der Waals surface area contributed by atoms with Gasteiger partial charge < -0.3 is 15.3 Å². The molecule has 0 unspecified atom stereocenters.